The van der Waals surface area contributed by atoms with Crippen LogP contribution >= 0.6 is 0 Å². The van der Waals surface area contributed by atoms with E-state index in [0.717, 1.165) is 40.3 Å². The smallest absolute Gasteiger partial charge is 0.214 e. The fraction of sp³-hybridized carbons (Fsp3) is 0.296. The number of ether oxygens (including phenoxy) is 5. The fourth-order valence-corrected chi connectivity index (χ4v) is 4.59. The maximum Gasteiger partial charge on any atom is 0.214 e. The Balaban J connectivity index is 1.62. The van der Waals surface area contributed by atoms with Crippen LogP contribution in [0, 0.1) is 0 Å². The number of hydrazone groups is 1. The van der Waals surface area contributed by atoms with Gasteiger partial charge in [-0.3, -0.25) is 0 Å². The summed E-state index contributed by atoms with van der Waals surface area (Å²) in [4.78, 5) is 0. The van der Waals surface area contributed by atoms with E-state index in [0.29, 0.717) is 23.9 Å². The molecule has 2 aliphatic rings. The molecule has 2 heterocycles. The second-order valence-electron chi connectivity index (χ2n) is 8.07. The average molecular weight is 461 g/mol. The van der Waals surface area contributed by atoms with E-state index in [1.54, 1.807) is 21.3 Å². The fourth-order valence-electron chi connectivity index (χ4n) is 4.59. The summed E-state index contributed by atoms with van der Waals surface area (Å²) < 4.78 is 29.0. The highest BCUT2D eigenvalue weighted by Crippen LogP contribution is 2.50. The predicted molar refractivity (Wildman–Crippen MR) is 129 cm³/mol. The van der Waals surface area contributed by atoms with E-state index in [1.807, 2.05) is 54.4 Å². The molecule has 0 saturated carbocycles. The van der Waals surface area contributed by atoms with Gasteiger partial charge in [-0.2, -0.15) is 5.10 Å². The number of hydrogen-bond donors (Lipinski definition) is 0. The normalized spacial score (nSPS) is 18.4. The third-order valence-electron chi connectivity index (χ3n) is 6.15. The highest BCUT2D eigenvalue weighted by molar-refractivity contribution is 6.01. The Bertz CT molecular complexity index is 1190. The number of nitrogens with zero attached hydrogens (tertiary/aromatic N) is 2. The molecule has 0 bridgehead atoms. The summed E-state index contributed by atoms with van der Waals surface area (Å²) >= 11 is 0. The van der Waals surface area contributed by atoms with Gasteiger partial charge in [-0.15, -0.1) is 0 Å². The van der Waals surface area contributed by atoms with Gasteiger partial charge < -0.3 is 23.7 Å². The van der Waals surface area contributed by atoms with E-state index in [4.69, 9.17) is 28.8 Å². The van der Waals surface area contributed by atoms with Crippen LogP contribution in [-0.2, 0) is 0 Å². The molecule has 0 aromatic heterocycles. The van der Waals surface area contributed by atoms with Crippen molar-refractivity contribution in [3.05, 3.63) is 77.4 Å². The Labute approximate surface area is 199 Å². The SMILES string of the molecule is CCOc1ccc2c(c1)[C@H]1CC(c3ccccc3)=NN1[C@H](c1cc(OC)c(OC)c(OC)c1)O2. The molecule has 2 aliphatic heterocycles. The van der Waals surface area contributed by atoms with E-state index < -0.39 is 6.23 Å². The minimum Gasteiger partial charge on any atom is -0.494 e. The zero-order valence-electron chi connectivity index (χ0n) is 19.8. The van der Waals surface area contributed by atoms with Crippen LogP contribution in [0.3, 0.4) is 0 Å². The van der Waals surface area contributed by atoms with Gasteiger partial charge in [-0.1, -0.05) is 30.3 Å². The lowest BCUT2D eigenvalue weighted by Crippen LogP contribution is -2.33. The Morgan fingerprint density at radius 1 is 0.941 bits per heavy atom. The third-order valence-corrected chi connectivity index (χ3v) is 6.15. The molecule has 0 unspecified atom stereocenters. The molecule has 2 atom stereocenters. The molecule has 0 spiro atoms. The van der Waals surface area contributed by atoms with E-state index in [-0.39, 0.29) is 6.04 Å². The first-order valence-electron chi connectivity index (χ1n) is 11.3. The summed E-state index contributed by atoms with van der Waals surface area (Å²) in [7, 11) is 4.81. The van der Waals surface area contributed by atoms with E-state index >= 15 is 0 Å². The number of hydrogen-bond acceptors (Lipinski definition) is 7. The zero-order valence-corrected chi connectivity index (χ0v) is 19.8. The van der Waals surface area contributed by atoms with E-state index in [1.165, 1.54) is 0 Å². The van der Waals surface area contributed by atoms with Gasteiger partial charge in [-0.05, 0) is 42.8 Å². The van der Waals surface area contributed by atoms with Crippen molar-refractivity contribution in [1.29, 1.82) is 0 Å². The summed E-state index contributed by atoms with van der Waals surface area (Å²) in [5.41, 5.74) is 4.03. The first-order valence-corrected chi connectivity index (χ1v) is 11.3. The molecular formula is C27H28N2O5. The summed E-state index contributed by atoms with van der Waals surface area (Å²) in [6, 6.07) is 20.1. The molecule has 7 heteroatoms. The molecule has 0 amide bonds. The van der Waals surface area contributed by atoms with Gasteiger partial charge in [-0.25, -0.2) is 5.01 Å². The van der Waals surface area contributed by atoms with Crippen molar-refractivity contribution in [1.82, 2.24) is 5.01 Å². The lowest BCUT2D eigenvalue weighted by Gasteiger charge is -2.38. The topological polar surface area (TPSA) is 61.8 Å². The van der Waals surface area contributed by atoms with Crippen LogP contribution in [0.5, 0.6) is 28.7 Å². The maximum atomic E-state index is 6.53. The number of fused-ring (bicyclic) bond motifs is 3. The van der Waals surface area contributed by atoms with Gasteiger partial charge in [0, 0.05) is 17.5 Å². The van der Waals surface area contributed by atoms with Gasteiger partial charge in [0.15, 0.2) is 11.5 Å². The van der Waals surface area contributed by atoms with Crippen molar-refractivity contribution in [2.24, 2.45) is 5.10 Å². The number of benzene rings is 3. The monoisotopic (exact) mass is 460 g/mol. The van der Waals surface area contributed by atoms with Crippen LogP contribution in [0.2, 0.25) is 0 Å². The van der Waals surface area contributed by atoms with Crippen LogP contribution in [-0.4, -0.2) is 38.7 Å². The lowest BCUT2D eigenvalue weighted by molar-refractivity contribution is -0.0194. The van der Waals surface area contributed by atoms with Crippen LogP contribution in [0.25, 0.3) is 0 Å². The third kappa shape index (κ3) is 3.77. The quantitative estimate of drug-likeness (QED) is 0.474. The summed E-state index contributed by atoms with van der Waals surface area (Å²) in [6.07, 6.45) is 0.294. The molecular weight excluding hydrogens is 432 g/mol. The summed E-state index contributed by atoms with van der Waals surface area (Å²) in [5.74, 6) is 3.32. The molecule has 0 saturated heterocycles. The van der Waals surface area contributed by atoms with Crippen molar-refractivity contribution in [3.8, 4) is 28.7 Å². The Kier molecular flexibility index (Phi) is 5.92. The molecule has 0 radical (unpaired) electrons. The van der Waals surface area contributed by atoms with Gasteiger partial charge >= 0.3 is 0 Å². The standard InChI is InChI=1S/C27H28N2O5/c1-5-33-19-11-12-23-20(15-19)22-16-21(17-9-7-6-8-10-17)28-29(22)27(34-23)18-13-24(30-2)26(32-4)25(14-18)31-3/h6-15,22,27H,5,16H2,1-4H3/t22-,27+/m1/s1. The molecule has 0 fully saturated rings. The minimum atomic E-state index is -0.467. The molecule has 3 aromatic carbocycles. The van der Waals surface area contributed by atoms with Crippen molar-refractivity contribution in [2.75, 3.05) is 27.9 Å². The molecule has 176 valence electrons. The Morgan fingerprint density at radius 2 is 1.68 bits per heavy atom. The van der Waals surface area contributed by atoms with Gasteiger partial charge in [0.25, 0.3) is 0 Å². The highest BCUT2D eigenvalue weighted by Gasteiger charge is 2.41. The van der Waals surface area contributed by atoms with Crippen molar-refractivity contribution in [2.45, 2.75) is 25.6 Å². The molecule has 34 heavy (non-hydrogen) atoms. The van der Waals surface area contributed by atoms with E-state index in [2.05, 4.69) is 18.2 Å². The van der Waals surface area contributed by atoms with Crippen LogP contribution in [0.1, 0.15) is 42.3 Å². The summed E-state index contributed by atoms with van der Waals surface area (Å²) in [6.45, 7) is 2.59. The average Bonchev–Trinajstić information content (AvgIpc) is 3.34. The predicted octanol–water partition coefficient (Wildman–Crippen LogP) is 5.35. The maximum absolute atomic E-state index is 6.53. The summed E-state index contributed by atoms with van der Waals surface area (Å²) in [5, 5.41) is 7.07. The largest absolute Gasteiger partial charge is 0.494 e. The minimum absolute atomic E-state index is 0.00320. The van der Waals surface area contributed by atoms with Gasteiger partial charge in [0.1, 0.15) is 11.5 Å². The van der Waals surface area contributed by atoms with Gasteiger partial charge in [0.05, 0.1) is 39.7 Å². The number of methoxy groups -OCH3 is 3. The molecule has 5 rings (SSSR count). The van der Waals surface area contributed by atoms with E-state index in [9.17, 15) is 0 Å². The lowest BCUT2D eigenvalue weighted by atomic mass is 9.95. The first-order chi connectivity index (χ1) is 16.7. The molecule has 7 nitrogen and oxygen atoms in total. The van der Waals surface area contributed by atoms with Crippen LogP contribution in [0.4, 0.5) is 0 Å². The Morgan fingerprint density at radius 3 is 2.32 bits per heavy atom. The molecule has 3 aromatic rings. The molecule has 0 N–H and O–H groups in total. The van der Waals surface area contributed by atoms with Crippen LogP contribution in [0.15, 0.2) is 65.8 Å². The van der Waals surface area contributed by atoms with Crippen LogP contribution < -0.4 is 23.7 Å². The second-order valence-corrected chi connectivity index (χ2v) is 8.07. The highest BCUT2D eigenvalue weighted by atomic mass is 16.5. The van der Waals surface area contributed by atoms with Gasteiger partial charge in [0.2, 0.25) is 12.0 Å². The second kappa shape index (κ2) is 9.17. The zero-order chi connectivity index (χ0) is 23.7. The number of rotatable bonds is 7. The Hall–Kier alpha value is -3.87. The molecule has 0 aliphatic carbocycles. The van der Waals surface area contributed by atoms with Crippen molar-refractivity contribution < 1.29 is 23.7 Å². The first kappa shape index (κ1) is 21.9. The van der Waals surface area contributed by atoms with Crippen molar-refractivity contribution >= 4 is 5.71 Å². The van der Waals surface area contributed by atoms with Crippen molar-refractivity contribution in [3.63, 3.8) is 0 Å².